The Hall–Kier alpha value is -3.16. The predicted octanol–water partition coefficient (Wildman–Crippen LogP) is 5.84. The van der Waals surface area contributed by atoms with E-state index in [2.05, 4.69) is 20.9 Å². The van der Waals surface area contributed by atoms with E-state index in [0.717, 1.165) is 22.0 Å². The predicted molar refractivity (Wildman–Crippen MR) is 121 cm³/mol. The summed E-state index contributed by atoms with van der Waals surface area (Å²) in [6.07, 6.45) is 0.899. The lowest BCUT2D eigenvalue weighted by Gasteiger charge is -2.15. The molecule has 6 nitrogen and oxygen atoms in total. The van der Waals surface area contributed by atoms with Crippen LogP contribution in [0.15, 0.2) is 69.7 Å². The number of aromatic nitrogens is 1. The summed E-state index contributed by atoms with van der Waals surface area (Å²) < 4.78 is 23.0. The molecule has 31 heavy (non-hydrogen) atoms. The Morgan fingerprint density at radius 2 is 1.74 bits per heavy atom. The summed E-state index contributed by atoms with van der Waals surface area (Å²) in [6.45, 7) is 0. The van der Waals surface area contributed by atoms with Gasteiger partial charge in [0, 0.05) is 24.3 Å². The standard InChI is InChI=1S/C24H20BrNO5/c1-28-20-12-14(13-21(29-2)22(20)25)18-9-10-19(31-18)23(27)24(30-3)16-6-4-8-17-15(16)7-5-11-26-17/h4-13,24H,1-3H3. The number of halogens is 1. The molecule has 0 N–H and O–H groups in total. The summed E-state index contributed by atoms with van der Waals surface area (Å²) in [6, 6.07) is 16.4. The van der Waals surface area contributed by atoms with Crippen LogP contribution in [0, 0.1) is 0 Å². The van der Waals surface area contributed by atoms with E-state index in [9.17, 15) is 4.79 Å². The van der Waals surface area contributed by atoms with Crippen LogP contribution in [0.4, 0.5) is 0 Å². The lowest BCUT2D eigenvalue weighted by Crippen LogP contribution is -2.14. The molecular weight excluding hydrogens is 462 g/mol. The highest BCUT2D eigenvalue weighted by molar-refractivity contribution is 9.10. The van der Waals surface area contributed by atoms with Crippen molar-refractivity contribution in [1.82, 2.24) is 4.98 Å². The number of ketones is 1. The fraction of sp³-hybridized carbons (Fsp3) is 0.167. The molecule has 158 valence electrons. The van der Waals surface area contributed by atoms with E-state index < -0.39 is 6.10 Å². The van der Waals surface area contributed by atoms with Gasteiger partial charge in [0.2, 0.25) is 5.78 Å². The zero-order chi connectivity index (χ0) is 22.0. The monoisotopic (exact) mass is 481 g/mol. The molecule has 0 aliphatic heterocycles. The van der Waals surface area contributed by atoms with Crippen molar-refractivity contribution in [3.8, 4) is 22.8 Å². The van der Waals surface area contributed by atoms with Crippen LogP contribution in [-0.4, -0.2) is 32.1 Å². The van der Waals surface area contributed by atoms with Crippen LogP contribution in [0.25, 0.3) is 22.2 Å². The number of methoxy groups -OCH3 is 3. The zero-order valence-corrected chi connectivity index (χ0v) is 18.8. The maximum atomic E-state index is 13.3. The number of rotatable bonds is 7. The van der Waals surface area contributed by atoms with E-state index in [1.165, 1.54) is 7.11 Å². The van der Waals surface area contributed by atoms with Crippen molar-refractivity contribution in [1.29, 1.82) is 0 Å². The Labute approximate surface area is 187 Å². The average Bonchev–Trinajstić information content (AvgIpc) is 3.30. The van der Waals surface area contributed by atoms with Crippen LogP contribution in [0.2, 0.25) is 0 Å². The number of fused-ring (bicyclic) bond motifs is 1. The number of Topliss-reactive ketones (excluding diaryl/α,β-unsaturated/α-hetero) is 1. The van der Waals surface area contributed by atoms with Gasteiger partial charge in [-0.3, -0.25) is 9.78 Å². The molecule has 0 amide bonds. The topological polar surface area (TPSA) is 70.8 Å². The van der Waals surface area contributed by atoms with Crippen LogP contribution in [-0.2, 0) is 4.74 Å². The molecule has 0 spiro atoms. The van der Waals surface area contributed by atoms with Crippen LogP contribution in [0.5, 0.6) is 11.5 Å². The van der Waals surface area contributed by atoms with Crippen molar-refractivity contribution in [2.24, 2.45) is 0 Å². The first-order chi connectivity index (χ1) is 15.1. The SMILES string of the molecule is COc1cc(-c2ccc(C(=O)C(OC)c3cccc4ncccc34)o2)cc(OC)c1Br. The number of furan rings is 1. The lowest BCUT2D eigenvalue weighted by molar-refractivity contribution is 0.0581. The van der Waals surface area contributed by atoms with Crippen molar-refractivity contribution in [3.63, 3.8) is 0 Å². The van der Waals surface area contributed by atoms with Gasteiger partial charge < -0.3 is 18.6 Å². The zero-order valence-electron chi connectivity index (χ0n) is 17.2. The fourth-order valence-corrected chi connectivity index (χ4v) is 4.05. The third kappa shape index (κ3) is 3.94. The van der Waals surface area contributed by atoms with Crippen molar-refractivity contribution < 1.29 is 23.4 Å². The fourth-order valence-electron chi connectivity index (χ4n) is 3.50. The summed E-state index contributed by atoms with van der Waals surface area (Å²) in [7, 11) is 4.65. The molecule has 4 aromatic rings. The van der Waals surface area contributed by atoms with E-state index in [-0.39, 0.29) is 11.5 Å². The molecule has 0 aliphatic carbocycles. The van der Waals surface area contributed by atoms with Crippen LogP contribution < -0.4 is 9.47 Å². The van der Waals surface area contributed by atoms with Gasteiger partial charge in [0.05, 0.1) is 19.7 Å². The number of benzene rings is 2. The van der Waals surface area contributed by atoms with Gasteiger partial charge in [-0.2, -0.15) is 0 Å². The molecular formula is C24H20BrNO5. The minimum absolute atomic E-state index is 0.198. The number of ether oxygens (including phenoxy) is 3. The summed E-state index contributed by atoms with van der Waals surface area (Å²) >= 11 is 3.45. The van der Waals surface area contributed by atoms with E-state index in [4.69, 9.17) is 18.6 Å². The number of hydrogen-bond donors (Lipinski definition) is 0. The largest absolute Gasteiger partial charge is 0.495 e. The summed E-state index contributed by atoms with van der Waals surface area (Å²) in [5, 5.41) is 0.861. The molecule has 0 saturated carbocycles. The molecule has 4 rings (SSSR count). The molecule has 2 aromatic carbocycles. The van der Waals surface area contributed by atoms with Gasteiger partial charge >= 0.3 is 0 Å². The minimum atomic E-state index is -0.819. The molecule has 0 aliphatic rings. The van der Waals surface area contributed by atoms with E-state index in [1.807, 2.05) is 42.5 Å². The second kappa shape index (κ2) is 8.91. The summed E-state index contributed by atoms with van der Waals surface area (Å²) in [5.74, 6) is 1.62. The average molecular weight is 482 g/mol. The summed E-state index contributed by atoms with van der Waals surface area (Å²) in [4.78, 5) is 17.6. The number of carbonyl (C=O) groups excluding carboxylic acids is 1. The molecule has 1 unspecified atom stereocenters. The summed E-state index contributed by atoms with van der Waals surface area (Å²) in [5.41, 5.74) is 2.26. The molecule has 0 saturated heterocycles. The third-order valence-electron chi connectivity index (χ3n) is 5.01. The Morgan fingerprint density at radius 1 is 1.00 bits per heavy atom. The number of nitrogens with zero attached hydrogens (tertiary/aromatic N) is 1. The number of carbonyl (C=O) groups is 1. The molecule has 7 heteroatoms. The highest BCUT2D eigenvalue weighted by Crippen LogP contribution is 2.39. The van der Waals surface area contributed by atoms with Crippen LogP contribution >= 0.6 is 15.9 Å². The first-order valence-electron chi connectivity index (χ1n) is 9.49. The maximum absolute atomic E-state index is 13.3. The van der Waals surface area contributed by atoms with Gasteiger partial charge in [-0.25, -0.2) is 0 Å². The highest BCUT2D eigenvalue weighted by Gasteiger charge is 2.26. The van der Waals surface area contributed by atoms with Gasteiger partial charge in [-0.05, 0) is 57.9 Å². The molecule has 0 radical (unpaired) electrons. The van der Waals surface area contributed by atoms with Gasteiger partial charge in [-0.1, -0.05) is 18.2 Å². The number of hydrogen-bond acceptors (Lipinski definition) is 6. The first kappa shape index (κ1) is 21.1. The maximum Gasteiger partial charge on any atom is 0.231 e. The normalized spacial score (nSPS) is 12.0. The van der Waals surface area contributed by atoms with Crippen molar-refractivity contribution in [2.75, 3.05) is 21.3 Å². The third-order valence-corrected chi connectivity index (χ3v) is 5.80. The highest BCUT2D eigenvalue weighted by atomic mass is 79.9. The Kier molecular flexibility index (Phi) is 6.06. The van der Waals surface area contributed by atoms with E-state index in [0.29, 0.717) is 21.7 Å². The second-order valence-electron chi connectivity index (χ2n) is 6.76. The quantitative estimate of drug-likeness (QED) is 0.308. The Morgan fingerprint density at radius 3 is 2.42 bits per heavy atom. The minimum Gasteiger partial charge on any atom is -0.495 e. The van der Waals surface area contributed by atoms with Gasteiger partial charge in [-0.15, -0.1) is 0 Å². The van der Waals surface area contributed by atoms with Gasteiger partial charge in [0.25, 0.3) is 0 Å². The second-order valence-corrected chi connectivity index (χ2v) is 7.55. The Bertz CT molecular complexity index is 1220. The van der Waals surface area contributed by atoms with Gasteiger partial charge in [0.1, 0.15) is 27.8 Å². The molecule has 0 bridgehead atoms. The van der Waals surface area contributed by atoms with Crippen molar-refractivity contribution in [3.05, 3.63) is 76.6 Å². The Balaban J connectivity index is 1.71. The van der Waals surface area contributed by atoms with Crippen molar-refractivity contribution >= 4 is 32.6 Å². The molecule has 2 heterocycles. The lowest BCUT2D eigenvalue weighted by atomic mass is 9.99. The number of pyridine rings is 1. The molecule has 2 aromatic heterocycles. The van der Waals surface area contributed by atoms with E-state index in [1.54, 1.807) is 32.5 Å². The first-order valence-corrected chi connectivity index (χ1v) is 10.3. The molecule has 0 fully saturated rings. The smallest absolute Gasteiger partial charge is 0.231 e. The van der Waals surface area contributed by atoms with Gasteiger partial charge in [0.15, 0.2) is 5.76 Å². The van der Waals surface area contributed by atoms with Crippen LogP contribution in [0.3, 0.4) is 0 Å². The molecule has 1 atom stereocenters. The van der Waals surface area contributed by atoms with Crippen molar-refractivity contribution in [2.45, 2.75) is 6.10 Å². The van der Waals surface area contributed by atoms with E-state index >= 15 is 0 Å². The van der Waals surface area contributed by atoms with Crippen LogP contribution in [0.1, 0.15) is 22.2 Å².